The van der Waals surface area contributed by atoms with Gasteiger partial charge in [-0.3, -0.25) is 0 Å². The van der Waals surface area contributed by atoms with Gasteiger partial charge >= 0.3 is 0 Å². The lowest BCUT2D eigenvalue weighted by Crippen LogP contribution is -2.04. The second-order valence-corrected chi connectivity index (χ2v) is 4.06. The van der Waals surface area contributed by atoms with E-state index in [9.17, 15) is 0 Å². The van der Waals surface area contributed by atoms with Gasteiger partial charge in [0.05, 0.1) is 24.0 Å². The summed E-state index contributed by atoms with van der Waals surface area (Å²) in [7, 11) is 0. The maximum absolute atomic E-state index is 5.36. The van der Waals surface area contributed by atoms with Crippen LogP contribution in [-0.2, 0) is 11.3 Å². The van der Waals surface area contributed by atoms with Crippen molar-refractivity contribution in [2.45, 2.75) is 27.3 Å². The third kappa shape index (κ3) is 2.99. The van der Waals surface area contributed by atoms with Gasteiger partial charge in [-0.1, -0.05) is 0 Å². The summed E-state index contributed by atoms with van der Waals surface area (Å²) in [5.74, 6) is 0. The molecule has 0 bridgehead atoms. The molecule has 0 N–H and O–H groups in total. The van der Waals surface area contributed by atoms with Crippen LogP contribution in [0.2, 0.25) is 0 Å². The summed E-state index contributed by atoms with van der Waals surface area (Å²) < 4.78 is 7.51. The second kappa shape index (κ2) is 6.03. The fourth-order valence-corrected chi connectivity index (χ4v) is 1.80. The number of aromatic nitrogens is 2. The molecule has 0 radical (unpaired) electrons. The molecule has 1 aromatic heterocycles. The van der Waals surface area contributed by atoms with Crippen LogP contribution in [-0.4, -0.2) is 22.8 Å². The maximum atomic E-state index is 5.36. The van der Waals surface area contributed by atoms with Gasteiger partial charge in [-0.2, -0.15) is 0 Å². The molecule has 0 aliphatic carbocycles. The van der Waals surface area contributed by atoms with Crippen molar-refractivity contribution in [1.82, 2.24) is 9.55 Å². The molecule has 0 saturated heterocycles. The van der Waals surface area contributed by atoms with Crippen LogP contribution < -0.4 is 0 Å². The Balaban J connectivity index is 0.00000144. The summed E-state index contributed by atoms with van der Waals surface area (Å²) >= 11 is 0. The van der Waals surface area contributed by atoms with Gasteiger partial charge in [0, 0.05) is 13.2 Å². The quantitative estimate of drug-likeness (QED) is 0.784. The highest BCUT2D eigenvalue weighted by molar-refractivity contribution is 5.85. The first-order chi connectivity index (χ1) is 7.72. The van der Waals surface area contributed by atoms with Crippen molar-refractivity contribution in [3.63, 3.8) is 0 Å². The summed E-state index contributed by atoms with van der Waals surface area (Å²) in [4.78, 5) is 4.41. The Hall–Kier alpha value is -1.06. The SMILES string of the molecule is CCOCCn1cnc2cc(C)c(C)cc21.Cl. The van der Waals surface area contributed by atoms with E-state index in [1.165, 1.54) is 16.6 Å². The van der Waals surface area contributed by atoms with E-state index >= 15 is 0 Å². The summed E-state index contributed by atoms with van der Waals surface area (Å²) in [5, 5.41) is 0. The fourth-order valence-electron chi connectivity index (χ4n) is 1.80. The summed E-state index contributed by atoms with van der Waals surface area (Å²) in [5.41, 5.74) is 4.87. The highest BCUT2D eigenvalue weighted by atomic mass is 35.5. The van der Waals surface area contributed by atoms with Crippen LogP contribution in [0.3, 0.4) is 0 Å². The van der Waals surface area contributed by atoms with Gasteiger partial charge < -0.3 is 9.30 Å². The zero-order valence-corrected chi connectivity index (χ0v) is 11.4. The first-order valence-electron chi connectivity index (χ1n) is 5.72. The zero-order valence-electron chi connectivity index (χ0n) is 10.6. The predicted molar refractivity (Wildman–Crippen MR) is 72.9 cm³/mol. The standard InChI is InChI=1S/C13H18N2O.ClH/c1-4-16-6-5-15-9-14-12-7-10(2)11(3)8-13(12)15;/h7-9H,4-6H2,1-3H3;1H. The van der Waals surface area contributed by atoms with E-state index in [2.05, 4.69) is 35.5 Å². The number of hydrogen-bond acceptors (Lipinski definition) is 2. The monoisotopic (exact) mass is 254 g/mol. The number of halogens is 1. The Morgan fingerprint density at radius 2 is 1.94 bits per heavy atom. The molecule has 0 saturated carbocycles. The van der Waals surface area contributed by atoms with Gasteiger partial charge in [-0.25, -0.2) is 4.98 Å². The summed E-state index contributed by atoms with van der Waals surface area (Å²) in [6.45, 7) is 8.65. The van der Waals surface area contributed by atoms with E-state index in [1.807, 2.05) is 13.3 Å². The number of ether oxygens (including phenoxy) is 1. The lowest BCUT2D eigenvalue weighted by molar-refractivity contribution is 0.140. The van der Waals surface area contributed by atoms with E-state index in [4.69, 9.17) is 4.74 Å². The minimum absolute atomic E-state index is 0. The molecule has 17 heavy (non-hydrogen) atoms. The number of benzene rings is 1. The largest absolute Gasteiger partial charge is 0.380 e. The lowest BCUT2D eigenvalue weighted by atomic mass is 10.1. The molecule has 2 rings (SSSR count). The number of imidazole rings is 1. The third-order valence-corrected chi connectivity index (χ3v) is 2.92. The molecule has 0 spiro atoms. The van der Waals surface area contributed by atoms with Crippen molar-refractivity contribution in [3.8, 4) is 0 Å². The summed E-state index contributed by atoms with van der Waals surface area (Å²) in [6, 6.07) is 4.34. The first-order valence-corrected chi connectivity index (χ1v) is 5.72. The molecule has 0 aliphatic heterocycles. The smallest absolute Gasteiger partial charge is 0.0959 e. The highest BCUT2D eigenvalue weighted by Crippen LogP contribution is 2.18. The van der Waals surface area contributed by atoms with Crippen LogP contribution in [0, 0.1) is 13.8 Å². The van der Waals surface area contributed by atoms with Crippen LogP contribution in [0.5, 0.6) is 0 Å². The van der Waals surface area contributed by atoms with E-state index in [-0.39, 0.29) is 12.4 Å². The van der Waals surface area contributed by atoms with Crippen molar-refractivity contribution in [2.24, 2.45) is 0 Å². The van der Waals surface area contributed by atoms with Crippen LogP contribution in [0.1, 0.15) is 18.1 Å². The maximum Gasteiger partial charge on any atom is 0.0959 e. The van der Waals surface area contributed by atoms with Crippen molar-refractivity contribution in [1.29, 1.82) is 0 Å². The Bertz CT molecular complexity index is 493. The molecule has 1 heterocycles. The Morgan fingerprint density at radius 3 is 2.65 bits per heavy atom. The first kappa shape index (κ1) is 14.0. The highest BCUT2D eigenvalue weighted by Gasteiger charge is 2.04. The molecule has 4 heteroatoms. The number of rotatable bonds is 4. The molecule has 3 nitrogen and oxygen atoms in total. The van der Waals surface area contributed by atoms with Crippen molar-refractivity contribution in [2.75, 3.05) is 13.2 Å². The van der Waals surface area contributed by atoms with E-state index in [1.54, 1.807) is 0 Å². The van der Waals surface area contributed by atoms with Gasteiger partial charge in [0.25, 0.3) is 0 Å². The van der Waals surface area contributed by atoms with E-state index in [0.29, 0.717) is 0 Å². The predicted octanol–water partition coefficient (Wildman–Crippen LogP) is 3.11. The average molecular weight is 255 g/mol. The van der Waals surface area contributed by atoms with Crippen LogP contribution in [0.25, 0.3) is 11.0 Å². The van der Waals surface area contributed by atoms with Gasteiger partial charge in [0.15, 0.2) is 0 Å². The number of nitrogens with zero attached hydrogens (tertiary/aromatic N) is 2. The Morgan fingerprint density at radius 1 is 1.24 bits per heavy atom. The lowest BCUT2D eigenvalue weighted by Gasteiger charge is -2.05. The average Bonchev–Trinajstić information content (AvgIpc) is 2.63. The van der Waals surface area contributed by atoms with Crippen LogP contribution in [0.4, 0.5) is 0 Å². The Labute approximate surface area is 108 Å². The van der Waals surface area contributed by atoms with Crippen molar-refractivity contribution < 1.29 is 4.74 Å². The van der Waals surface area contributed by atoms with Gasteiger partial charge in [-0.15, -0.1) is 12.4 Å². The van der Waals surface area contributed by atoms with Crippen LogP contribution >= 0.6 is 12.4 Å². The summed E-state index contributed by atoms with van der Waals surface area (Å²) in [6.07, 6.45) is 1.89. The normalized spacial score (nSPS) is 10.5. The second-order valence-electron chi connectivity index (χ2n) is 4.06. The molecule has 2 aromatic rings. The minimum Gasteiger partial charge on any atom is -0.380 e. The topological polar surface area (TPSA) is 27.1 Å². The molecule has 1 aromatic carbocycles. The van der Waals surface area contributed by atoms with E-state index in [0.717, 1.165) is 25.3 Å². The molecule has 0 atom stereocenters. The van der Waals surface area contributed by atoms with E-state index < -0.39 is 0 Å². The minimum atomic E-state index is 0. The molecule has 0 unspecified atom stereocenters. The Kier molecular flexibility index (Phi) is 4.97. The fraction of sp³-hybridized carbons (Fsp3) is 0.462. The van der Waals surface area contributed by atoms with Gasteiger partial charge in [0.1, 0.15) is 0 Å². The van der Waals surface area contributed by atoms with Gasteiger partial charge in [-0.05, 0) is 44.0 Å². The molecular weight excluding hydrogens is 236 g/mol. The molecular formula is C13H19ClN2O. The molecule has 0 aliphatic rings. The number of aryl methyl sites for hydroxylation is 2. The molecule has 0 amide bonds. The van der Waals surface area contributed by atoms with Crippen molar-refractivity contribution in [3.05, 3.63) is 29.6 Å². The van der Waals surface area contributed by atoms with Gasteiger partial charge in [0.2, 0.25) is 0 Å². The number of hydrogen-bond donors (Lipinski definition) is 0. The number of fused-ring (bicyclic) bond motifs is 1. The zero-order chi connectivity index (χ0) is 11.5. The molecule has 94 valence electrons. The molecule has 0 fully saturated rings. The van der Waals surface area contributed by atoms with Crippen molar-refractivity contribution >= 4 is 23.4 Å². The third-order valence-electron chi connectivity index (χ3n) is 2.92. The van der Waals surface area contributed by atoms with Crippen LogP contribution in [0.15, 0.2) is 18.5 Å².